The molecule has 35 heavy (non-hydrogen) atoms. The number of methoxy groups -OCH3 is 2. The van der Waals surface area contributed by atoms with Gasteiger partial charge in [-0.3, -0.25) is 9.59 Å². The van der Waals surface area contributed by atoms with Gasteiger partial charge in [-0.2, -0.15) is 0 Å². The molecule has 0 spiro atoms. The first kappa shape index (κ1) is 24.3. The lowest BCUT2D eigenvalue weighted by Gasteiger charge is -2.50. The van der Waals surface area contributed by atoms with Crippen LogP contribution in [0.4, 0.5) is 0 Å². The Morgan fingerprint density at radius 2 is 1.26 bits per heavy atom. The highest BCUT2D eigenvalue weighted by molar-refractivity contribution is 5.99. The van der Waals surface area contributed by atoms with E-state index in [1.54, 1.807) is 24.0 Å². The number of hydrogen-bond donors (Lipinski definition) is 0. The number of carbonyl (C=O) groups excluding carboxylic acids is 2. The minimum atomic E-state index is -1.03. The molecule has 182 valence electrons. The van der Waals surface area contributed by atoms with Gasteiger partial charge in [0.25, 0.3) is 0 Å². The molecule has 3 aromatic rings. The summed E-state index contributed by atoms with van der Waals surface area (Å²) in [6, 6.07) is 24.5. The number of hydrogen-bond acceptors (Lipinski definition) is 4. The van der Waals surface area contributed by atoms with Crippen LogP contribution in [0.1, 0.15) is 30.5 Å². The van der Waals surface area contributed by atoms with Crippen LogP contribution in [0.2, 0.25) is 0 Å². The van der Waals surface area contributed by atoms with Gasteiger partial charge < -0.3 is 19.3 Å². The van der Waals surface area contributed by atoms with E-state index in [-0.39, 0.29) is 11.8 Å². The first-order valence-corrected chi connectivity index (χ1v) is 11.8. The van der Waals surface area contributed by atoms with Gasteiger partial charge in [0.05, 0.1) is 14.2 Å². The van der Waals surface area contributed by atoms with E-state index in [1.165, 1.54) is 0 Å². The smallest absolute Gasteiger partial charge is 0.249 e. The summed E-state index contributed by atoms with van der Waals surface area (Å²) < 4.78 is 10.5. The fraction of sp³-hybridized carbons (Fsp3) is 0.310. The summed E-state index contributed by atoms with van der Waals surface area (Å²) >= 11 is 0. The molecule has 1 aliphatic heterocycles. The third-order valence-electron chi connectivity index (χ3n) is 6.81. The number of benzene rings is 3. The normalized spacial score (nSPS) is 20.2. The fourth-order valence-electron chi connectivity index (χ4n) is 4.67. The van der Waals surface area contributed by atoms with Crippen LogP contribution in [0.5, 0.6) is 11.5 Å². The van der Waals surface area contributed by atoms with Gasteiger partial charge in [-0.15, -0.1) is 0 Å². The summed E-state index contributed by atoms with van der Waals surface area (Å²) in [5.41, 5.74) is 1.87. The highest BCUT2D eigenvalue weighted by Gasteiger charge is 2.52. The molecule has 0 aromatic heterocycles. The molecule has 6 heteroatoms. The van der Waals surface area contributed by atoms with Crippen molar-refractivity contribution in [1.29, 1.82) is 0 Å². The average Bonchev–Trinajstić information content (AvgIpc) is 2.89. The highest BCUT2D eigenvalue weighted by atomic mass is 16.5. The number of ether oxygens (including phenoxy) is 2. The van der Waals surface area contributed by atoms with Gasteiger partial charge in [0.1, 0.15) is 23.1 Å². The van der Waals surface area contributed by atoms with E-state index in [4.69, 9.17) is 9.47 Å². The van der Waals surface area contributed by atoms with E-state index < -0.39 is 11.6 Å². The number of carbonyl (C=O) groups is 2. The quantitative estimate of drug-likeness (QED) is 0.486. The number of nitrogens with zero attached hydrogens (tertiary/aromatic N) is 2. The molecule has 0 bridgehead atoms. The molecule has 0 N–H and O–H groups in total. The van der Waals surface area contributed by atoms with Crippen LogP contribution in [-0.4, -0.2) is 47.4 Å². The maximum atomic E-state index is 14.1. The second-order valence-electron chi connectivity index (χ2n) is 9.17. The van der Waals surface area contributed by atoms with Gasteiger partial charge >= 0.3 is 0 Å². The van der Waals surface area contributed by atoms with Crippen molar-refractivity contribution < 1.29 is 19.1 Å². The van der Waals surface area contributed by atoms with Crippen molar-refractivity contribution in [2.24, 2.45) is 0 Å². The zero-order valence-electron chi connectivity index (χ0n) is 20.7. The summed E-state index contributed by atoms with van der Waals surface area (Å²) in [5, 5.41) is 0. The van der Waals surface area contributed by atoms with Crippen molar-refractivity contribution in [3.8, 4) is 11.5 Å². The summed E-state index contributed by atoms with van der Waals surface area (Å²) in [6.07, 6.45) is 0.431. The van der Waals surface area contributed by atoms with Crippen LogP contribution < -0.4 is 9.47 Å². The molecule has 1 fully saturated rings. The Labute approximate surface area is 207 Å². The summed E-state index contributed by atoms with van der Waals surface area (Å²) in [6.45, 7) is 4.40. The molecular formula is C29H32N2O4. The Bertz CT molecular complexity index is 1160. The zero-order chi connectivity index (χ0) is 25.0. The topological polar surface area (TPSA) is 59.1 Å². The van der Waals surface area contributed by atoms with Crippen LogP contribution in [0.3, 0.4) is 0 Å². The first-order valence-electron chi connectivity index (χ1n) is 11.8. The summed E-state index contributed by atoms with van der Waals surface area (Å²) in [7, 11) is 3.24. The number of amides is 2. The molecular weight excluding hydrogens is 440 g/mol. The van der Waals surface area contributed by atoms with Crippen LogP contribution in [0.25, 0.3) is 0 Å². The second kappa shape index (κ2) is 10.2. The highest BCUT2D eigenvalue weighted by Crippen LogP contribution is 2.33. The van der Waals surface area contributed by atoms with Gasteiger partial charge in [0.15, 0.2) is 0 Å². The first-order chi connectivity index (χ1) is 16.9. The van der Waals surface area contributed by atoms with Crippen molar-refractivity contribution >= 4 is 11.8 Å². The van der Waals surface area contributed by atoms with Crippen molar-refractivity contribution in [3.63, 3.8) is 0 Å². The Morgan fingerprint density at radius 3 is 1.77 bits per heavy atom. The van der Waals surface area contributed by atoms with E-state index in [0.29, 0.717) is 19.5 Å². The van der Waals surface area contributed by atoms with Gasteiger partial charge in [-0.05, 0) is 54.8 Å². The van der Waals surface area contributed by atoms with E-state index in [1.807, 2.05) is 92.7 Å². The third-order valence-corrected chi connectivity index (χ3v) is 6.81. The van der Waals surface area contributed by atoms with Crippen molar-refractivity contribution in [3.05, 3.63) is 95.6 Å². The molecule has 0 aliphatic carbocycles. The van der Waals surface area contributed by atoms with Crippen molar-refractivity contribution in [2.75, 3.05) is 14.2 Å². The molecule has 0 unspecified atom stereocenters. The van der Waals surface area contributed by atoms with Crippen LogP contribution in [-0.2, 0) is 29.1 Å². The SMILES string of the molecule is COc1ccc(CN2C(=O)[C@@](C)(Cc3ccccc3)N(Cc3ccc(OC)cc3)C(=O)[C@@H]2C)cc1. The molecule has 2 amide bonds. The molecule has 0 radical (unpaired) electrons. The van der Waals surface area contributed by atoms with Crippen LogP contribution >= 0.6 is 0 Å². The lowest BCUT2D eigenvalue weighted by Crippen LogP contribution is -2.70. The average molecular weight is 473 g/mol. The standard InChI is InChI=1S/C29H32N2O4/c1-21-27(32)31(20-24-12-16-26(35-4)17-13-24)29(2,18-22-8-6-5-7-9-22)28(33)30(21)19-23-10-14-25(34-3)15-11-23/h5-17,21H,18-20H2,1-4H3/t21-,29+/m0/s1. The summed E-state index contributed by atoms with van der Waals surface area (Å²) in [4.78, 5) is 31.4. The number of rotatable bonds is 8. The molecule has 6 nitrogen and oxygen atoms in total. The molecule has 0 saturated carbocycles. The zero-order valence-corrected chi connectivity index (χ0v) is 20.7. The Kier molecular flexibility index (Phi) is 7.10. The largest absolute Gasteiger partial charge is 0.497 e. The lowest BCUT2D eigenvalue weighted by molar-refractivity contribution is -0.170. The molecule has 1 saturated heterocycles. The van der Waals surface area contributed by atoms with Gasteiger partial charge in [-0.25, -0.2) is 0 Å². The molecule has 1 heterocycles. The minimum absolute atomic E-state index is 0.0576. The number of piperazine rings is 1. The van der Waals surface area contributed by atoms with Crippen LogP contribution in [0, 0.1) is 0 Å². The Morgan fingerprint density at radius 1 is 0.743 bits per heavy atom. The van der Waals surface area contributed by atoms with Crippen molar-refractivity contribution in [2.45, 2.75) is 44.9 Å². The van der Waals surface area contributed by atoms with Crippen LogP contribution in [0.15, 0.2) is 78.9 Å². The molecule has 3 aromatic carbocycles. The van der Waals surface area contributed by atoms with E-state index in [9.17, 15) is 9.59 Å². The van der Waals surface area contributed by atoms with Gasteiger partial charge in [0, 0.05) is 19.5 Å². The maximum absolute atomic E-state index is 14.1. The van der Waals surface area contributed by atoms with E-state index >= 15 is 0 Å². The van der Waals surface area contributed by atoms with Gasteiger partial charge in [-0.1, -0.05) is 54.6 Å². The lowest BCUT2D eigenvalue weighted by atomic mass is 9.85. The minimum Gasteiger partial charge on any atom is -0.497 e. The fourth-order valence-corrected chi connectivity index (χ4v) is 4.67. The Balaban J connectivity index is 1.68. The predicted octanol–water partition coefficient (Wildman–Crippen LogP) is 4.46. The van der Waals surface area contributed by atoms with E-state index in [2.05, 4.69) is 0 Å². The summed E-state index contributed by atoms with van der Waals surface area (Å²) in [5.74, 6) is 1.38. The molecule has 2 atom stereocenters. The maximum Gasteiger partial charge on any atom is 0.249 e. The van der Waals surface area contributed by atoms with Gasteiger partial charge in [0.2, 0.25) is 11.8 Å². The third kappa shape index (κ3) is 5.02. The predicted molar refractivity (Wildman–Crippen MR) is 135 cm³/mol. The van der Waals surface area contributed by atoms with Crippen molar-refractivity contribution in [1.82, 2.24) is 9.80 Å². The Hall–Kier alpha value is -3.80. The molecule has 4 rings (SSSR count). The molecule has 1 aliphatic rings. The van der Waals surface area contributed by atoms with E-state index in [0.717, 1.165) is 28.2 Å². The second-order valence-corrected chi connectivity index (χ2v) is 9.17. The monoisotopic (exact) mass is 472 g/mol.